The van der Waals surface area contributed by atoms with E-state index in [0.29, 0.717) is 6.04 Å². The van der Waals surface area contributed by atoms with E-state index in [1.165, 1.54) is 13.0 Å². The van der Waals surface area contributed by atoms with Crippen LogP contribution >= 0.6 is 0 Å². The molecule has 1 atom stereocenters. The maximum absolute atomic E-state index is 5.42. The van der Waals surface area contributed by atoms with Crippen molar-refractivity contribution in [3.63, 3.8) is 0 Å². The molecular formula is C10H22N2O. The van der Waals surface area contributed by atoms with E-state index in [9.17, 15) is 0 Å². The van der Waals surface area contributed by atoms with Gasteiger partial charge in [-0.1, -0.05) is 13.8 Å². The van der Waals surface area contributed by atoms with Crippen LogP contribution in [0.1, 0.15) is 20.3 Å². The van der Waals surface area contributed by atoms with E-state index in [0.717, 1.165) is 32.8 Å². The number of morpholine rings is 1. The largest absolute Gasteiger partial charge is 0.378 e. The highest BCUT2D eigenvalue weighted by atomic mass is 16.5. The molecule has 1 saturated heterocycles. The van der Waals surface area contributed by atoms with E-state index >= 15 is 0 Å². The van der Waals surface area contributed by atoms with Crippen LogP contribution in [0, 0.1) is 0 Å². The van der Waals surface area contributed by atoms with E-state index in [2.05, 4.69) is 24.1 Å². The zero-order valence-corrected chi connectivity index (χ0v) is 8.88. The molecule has 1 unspecified atom stereocenters. The zero-order valence-electron chi connectivity index (χ0n) is 8.88. The fourth-order valence-corrected chi connectivity index (χ4v) is 1.74. The van der Waals surface area contributed by atoms with Gasteiger partial charge in [-0.2, -0.15) is 0 Å². The molecule has 0 spiro atoms. The summed E-state index contributed by atoms with van der Waals surface area (Å²) in [6.07, 6.45) is 1.24. The minimum absolute atomic E-state index is 0.542. The lowest BCUT2D eigenvalue weighted by molar-refractivity contribution is 0.0626. The molecule has 0 aromatic rings. The third-order valence-electron chi connectivity index (χ3n) is 2.46. The first-order chi connectivity index (χ1) is 6.36. The van der Waals surface area contributed by atoms with Gasteiger partial charge in [0.15, 0.2) is 0 Å². The van der Waals surface area contributed by atoms with Gasteiger partial charge < -0.3 is 15.0 Å². The van der Waals surface area contributed by atoms with Crippen LogP contribution in [0.5, 0.6) is 0 Å². The Labute approximate surface area is 81.4 Å². The van der Waals surface area contributed by atoms with Gasteiger partial charge in [0.2, 0.25) is 0 Å². The highest BCUT2D eigenvalue weighted by Crippen LogP contribution is 1.98. The molecular weight excluding hydrogens is 164 g/mol. The third-order valence-corrected chi connectivity index (χ3v) is 2.46. The monoisotopic (exact) mass is 186 g/mol. The van der Waals surface area contributed by atoms with Crippen LogP contribution in [0.25, 0.3) is 0 Å². The normalized spacial score (nSPS) is 23.8. The topological polar surface area (TPSA) is 24.5 Å². The van der Waals surface area contributed by atoms with Gasteiger partial charge in [-0.15, -0.1) is 0 Å². The first-order valence-electron chi connectivity index (χ1n) is 5.40. The second-order valence-electron chi connectivity index (χ2n) is 3.62. The van der Waals surface area contributed by atoms with Gasteiger partial charge in [-0.05, 0) is 19.5 Å². The number of likely N-dealkylation sites (N-methyl/N-ethyl adjacent to an activating group) is 1. The van der Waals surface area contributed by atoms with Crippen LogP contribution in [-0.4, -0.2) is 50.3 Å². The lowest BCUT2D eigenvalue weighted by Gasteiger charge is -2.29. The number of hydrogen-bond acceptors (Lipinski definition) is 3. The molecule has 0 amide bonds. The molecule has 1 N–H and O–H groups in total. The van der Waals surface area contributed by atoms with Gasteiger partial charge >= 0.3 is 0 Å². The van der Waals surface area contributed by atoms with Crippen molar-refractivity contribution in [1.29, 1.82) is 0 Å². The SMILES string of the molecule is CCCN(CC)CC1COCCN1. The number of nitrogens with one attached hydrogen (secondary N) is 1. The smallest absolute Gasteiger partial charge is 0.0632 e. The van der Waals surface area contributed by atoms with Crippen molar-refractivity contribution in [2.75, 3.05) is 39.4 Å². The minimum Gasteiger partial charge on any atom is -0.378 e. The molecule has 78 valence electrons. The molecule has 13 heavy (non-hydrogen) atoms. The lowest BCUT2D eigenvalue weighted by Crippen LogP contribution is -2.48. The first kappa shape index (κ1) is 11.0. The summed E-state index contributed by atoms with van der Waals surface area (Å²) in [5, 5.41) is 3.48. The molecule has 1 heterocycles. The van der Waals surface area contributed by atoms with Crippen molar-refractivity contribution in [2.24, 2.45) is 0 Å². The highest BCUT2D eigenvalue weighted by molar-refractivity contribution is 4.73. The van der Waals surface area contributed by atoms with Gasteiger partial charge in [0.05, 0.1) is 13.2 Å². The predicted octanol–water partition coefficient (Wildman–Crippen LogP) is 0.707. The van der Waals surface area contributed by atoms with Gasteiger partial charge in [-0.25, -0.2) is 0 Å². The summed E-state index contributed by atoms with van der Waals surface area (Å²) in [6, 6.07) is 0.542. The Hall–Kier alpha value is -0.120. The summed E-state index contributed by atoms with van der Waals surface area (Å²) in [7, 11) is 0. The number of rotatable bonds is 5. The summed E-state index contributed by atoms with van der Waals surface area (Å²) < 4.78 is 5.42. The Morgan fingerprint density at radius 1 is 1.46 bits per heavy atom. The van der Waals surface area contributed by atoms with Gasteiger partial charge in [0.25, 0.3) is 0 Å². The van der Waals surface area contributed by atoms with Crippen LogP contribution < -0.4 is 5.32 Å². The molecule has 0 bridgehead atoms. The van der Waals surface area contributed by atoms with Crippen molar-refractivity contribution in [1.82, 2.24) is 10.2 Å². The Balaban J connectivity index is 2.18. The third kappa shape index (κ3) is 4.07. The minimum atomic E-state index is 0.542. The number of hydrogen-bond donors (Lipinski definition) is 1. The molecule has 3 nitrogen and oxygen atoms in total. The Morgan fingerprint density at radius 2 is 2.31 bits per heavy atom. The van der Waals surface area contributed by atoms with E-state index in [-0.39, 0.29) is 0 Å². The fourth-order valence-electron chi connectivity index (χ4n) is 1.74. The maximum Gasteiger partial charge on any atom is 0.0632 e. The van der Waals surface area contributed by atoms with E-state index in [1.54, 1.807) is 0 Å². The quantitative estimate of drug-likeness (QED) is 0.684. The molecule has 0 saturated carbocycles. The van der Waals surface area contributed by atoms with Crippen LogP contribution in [0.4, 0.5) is 0 Å². The van der Waals surface area contributed by atoms with Gasteiger partial charge in [0, 0.05) is 19.1 Å². The predicted molar refractivity (Wildman–Crippen MR) is 55.0 cm³/mol. The fraction of sp³-hybridized carbons (Fsp3) is 1.00. The van der Waals surface area contributed by atoms with Gasteiger partial charge in [-0.3, -0.25) is 0 Å². The van der Waals surface area contributed by atoms with Crippen molar-refractivity contribution in [3.05, 3.63) is 0 Å². The summed E-state index contributed by atoms with van der Waals surface area (Å²) in [4.78, 5) is 2.48. The summed E-state index contributed by atoms with van der Waals surface area (Å²) in [5.74, 6) is 0. The summed E-state index contributed by atoms with van der Waals surface area (Å²) in [6.45, 7) is 10.7. The molecule has 0 radical (unpaired) electrons. The maximum atomic E-state index is 5.42. The van der Waals surface area contributed by atoms with E-state index in [4.69, 9.17) is 4.74 Å². The molecule has 0 aliphatic carbocycles. The van der Waals surface area contributed by atoms with E-state index < -0.39 is 0 Å². The van der Waals surface area contributed by atoms with Crippen LogP contribution in [0.3, 0.4) is 0 Å². The second kappa shape index (κ2) is 6.35. The molecule has 0 aromatic carbocycles. The molecule has 1 aliphatic heterocycles. The zero-order chi connectivity index (χ0) is 9.52. The Bertz CT molecular complexity index is 121. The van der Waals surface area contributed by atoms with Crippen molar-refractivity contribution >= 4 is 0 Å². The first-order valence-corrected chi connectivity index (χ1v) is 5.40. The van der Waals surface area contributed by atoms with Gasteiger partial charge in [0.1, 0.15) is 0 Å². The lowest BCUT2D eigenvalue weighted by atomic mass is 10.2. The molecule has 0 aromatic heterocycles. The Kier molecular flexibility index (Phi) is 5.35. The molecule has 1 aliphatic rings. The molecule has 3 heteroatoms. The highest BCUT2D eigenvalue weighted by Gasteiger charge is 2.15. The number of ether oxygens (including phenoxy) is 1. The molecule has 1 rings (SSSR count). The van der Waals surface area contributed by atoms with Crippen molar-refractivity contribution in [2.45, 2.75) is 26.3 Å². The standard InChI is InChI=1S/C10H22N2O/c1-3-6-12(4-2)8-10-9-13-7-5-11-10/h10-11H,3-9H2,1-2H3. The average Bonchev–Trinajstić information content (AvgIpc) is 2.19. The second-order valence-corrected chi connectivity index (χ2v) is 3.62. The number of nitrogens with zero attached hydrogens (tertiary/aromatic N) is 1. The van der Waals surface area contributed by atoms with Crippen LogP contribution in [0.2, 0.25) is 0 Å². The average molecular weight is 186 g/mol. The van der Waals surface area contributed by atoms with Crippen molar-refractivity contribution < 1.29 is 4.74 Å². The summed E-state index contributed by atoms with van der Waals surface area (Å²) in [5.41, 5.74) is 0. The van der Waals surface area contributed by atoms with E-state index in [1.807, 2.05) is 0 Å². The summed E-state index contributed by atoms with van der Waals surface area (Å²) >= 11 is 0. The molecule has 1 fully saturated rings. The Morgan fingerprint density at radius 3 is 2.85 bits per heavy atom. The van der Waals surface area contributed by atoms with Crippen LogP contribution in [0.15, 0.2) is 0 Å². The van der Waals surface area contributed by atoms with Crippen LogP contribution in [-0.2, 0) is 4.74 Å². The van der Waals surface area contributed by atoms with Crippen molar-refractivity contribution in [3.8, 4) is 0 Å².